The van der Waals surface area contributed by atoms with Crippen LogP contribution in [0.15, 0.2) is 36.4 Å². The fourth-order valence-electron chi connectivity index (χ4n) is 7.11. The Bertz CT molecular complexity index is 1440. The number of nitrogens with zero attached hydrogens (tertiary/aromatic N) is 6. The highest BCUT2D eigenvalue weighted by atomic mass is 19.1. The van der Waals surface area contributed by atoms with Crippen molar-refractivity contribution in [3.63, 3.8) is 0 Å². The molecule has 10 heteroatoms. The van der Waals surface area contributed by atoms with Crippen molar-refractivity contribution in [2.24, 2.45) is 17.8 Å². The second-order valence-corrected chi connectivity index (χ2v) is 12.4. The van der Waals surface area contributed by atoms with E-state index in [1.165, 1.54) is 6.07 Å². The van der Waals surface area contributed by atoms with Gasteiger partial charge in [-0.2, -0.15) is 10.2 Å². The third-order valence-corrected chi connectivity index (χ3v) is 9.38. The first-order chi connectivity index (χ1) is 20.3. The maximum Gasteiger partial charge on any atom is 0.257 e. The average Bonchev–Trinajstić information content (AvgIpc) is 3.76. The second kappa shape index (κ2) is 11.9. The molecular weight excluding hydrogens is 533 g/mol. The van der Waals surface area contributed by atoms with Gasteiger partial charge in [-0.3, -0.25) is 9.59 Å². The zero-order valence-electron chi connectivity index (χ0n) is 24.7. The van der Waals surface area contributed by atoms with Crippen molar-refractivity contribution in [1.29, 1.82) is 0 Å². The number of hydrogen-bond acceptors (Lipinski definition) is 6. The van der Waals surface area contributed by atoms with E-state index < -0.39 is 0 Å². The number of carbonyl (C=O) groups excluding carboxylic acids is 2. The minimum absolute atomic E-state index is 0.0260. The number of halogens is 1. The van der Waals surface area contributed by atoms with Gasteiger partial charge in [0, 0.05) is 38.6 Å². The summed E-state index contributed by atoms with van der Waals surface area (Å²) in [6.07, 6.45) is 4.80. The molecule has 1 saturated carbocycles. The predicted molar refractivity (Wildman–Crippen MR) is 157 cm³/mol. The lowest BCUT2D eigenvalue weighted by atomic mass is 10.0. The van der Waals surface area contributed by atoms with E-state index in [1.54, 1.807) is 16.8 Å². The molecular formula is C32H40FN7O2. The van der Waals surface area contributed by atoms with E-state index in [1.807, 2.05) is 43.9 Å². The number of rotatable bonds is 8. The fourth-order valence-corrected chi connectivity index (χ4v) is 7.11. The molecule has 3 fully saturated rings. The Morgan fingerprint density at radius 2 is 1.74 bits per heavy atom. The smallest absolute Gasteiger partial charge is 0.257 e. The molecule has 2 amide bonds. The first-order valence-electron chi connectivity index (χ1n) is 15.2. The van der Waals surface area contributed by atoms with Gasteiger partial charge in [-0.15, -0.1) is 5.10 Å². The number of aromatic nitrogens is 4. The van der Waals surface area contributed by atoms with Crippen molar-refractivity contribution < 1.29 is 14.0 Å². The quantitative estimate of drug-likeness (QED) is 0.435. The lowest BCUT2D eigenvalue weighted by Gasteiger charge is -2.26. The summed E-state index contributed by atoms with van der Waals surface area (Å²) in [5.41, 5.74) is 3.76. The highest BCUT2D eigenvalue weighted by Crippen LogP contribution is 2.34. The molecule has 2 unspecified atom stereocenters. The summed E-state index contributed by atoms with van der Waals surface area (Å²) in [5, 5.41) is 16.2. The van der Waals surface area contributed by atoms with Gasteiger partial charge in [0.25, 0.3) is 5.91 Å². The maximum atomic E-state index is 14.1. The van der Waals surface area contributed by atoms with Gasteiger partial charge < -0.3 is 15.1 Å². The van der Waals surface area contributed by atoms with Crippen LogP contribution in [0.5, 0.6) is 0 Å². The van der Waals surface area contributed by atoms with E-state index in [4.69, 9.17) is 0 Å². The summed E-state index contributed by atoms with van der Waals surface area (Å²) < 4.78 is 15.8. The van der Waals surface area contributed by atoms with E-state index in [-0.39, 0.29) is 29.6 Å². The first kappa shape index (κ1) is 28.5. The van der Waals surface area contributed by atoms with Crippen molar-refractivity contribution in [3.05, 3.63) is 70.4 Å². The van der Waals surface area contributed by atoms with Gasteiger partial charge in [-0.05, 0) is 81.7 Å². The zero-order chi connectivity index (χ0) is 29.4. The Morgan fingerprint density at radius 1 is 1.00 bits per heavy atom. The Hall–Kier alpha value is -3.66. The highest BCUT2D eigenvalue weighted by Gasteiger charge is 2.42. The van der Waals surface area contributed by atoms with Crippen LogP contribution in [0.25, 0.3) is 5.82 Å². The van der Waals surface area contributed by atoms with Crippen LogP contribution in [-0.4, -0.2) is 74.3 Å². The van der Waals surface area contributed by atoms with Crippen molar-refractivity contribution in [1.82, 2.24) is 35.1 Å². The molecule has 42 heavy (non-hydrogen) atoms. The molecule has 2 saturated heterocycles. The molecule has 1 aliphatic carbocycles. The molecule has 9 nitrogen and oxygen atoms in total. The molecule has 1 N–H and O–H groups in total. The monoisotopic (exact) mass is 573 g/mol. The number of nitrogens with one attached hydrogen (secondary N) is 1. The van der Waals surface area contributed by atoms with Crippen molar-refractivity contribution in [2.45, 2.75) is 58.9 Å². The average molecular weight is 574 g/mol. The van der Waals surface area contributed by atoms with Crippen LogP contribution >= 0.6 is 0 Å². The molecule has 6 rings (SSSR count). The number of amides is 2. The Balaban J connectivity index is 1.07. The van der Waals surface area contributed by atoms with Crippen LogP contribution in [0.1, 0.15) is 71.1 Å². The molecule has 0 bridgehead atoms. The number of aryl methyl sites for hydroxylation is 2. The molecule has 1 aromatic carbocycles. The van der Waals surface area contributed by atoms with Gasteiger partial charge >= 0.3 is 0 Å². The number of carbonyl (C=O) groups is 2. The van der Waals surface area contributed by atoms with Gasteiger partial charge in [0.1, 0.15) is 5.82 Å². The number of likely N-dealkylation sites (tertiary alicyclic amines) is 2. The molecule has 3 aromatic rings. The third-order valence-electron chi connectivity index (χ3n) is 9.38. The minimum Gasteiger partial charge on any atom is -0.349 e. The van der Waals surface area contributed by atoms with E-state index >= 15 is 0 Å². The molecule has 3 atom stereocenters. The SMILES string of the molecule is Cc1ccc(-n2nc(C)c(C(=O)N3CC4CN(CCC(NC(=O)C5CCCC5)c5cccc(F)c5)C[C@H]4C3)c2C)nn1. The minimum atomic E-state index is -0.282. The van der Waals surface area contributed by atoms with Crippen LogP contribution in [-0.2, 0) is 4.79 Å². The Kier molecular flexibility index (Phi) is 8.07. The van der Waals surface area contributed by atoms with Crippen molar-refractivity contribution in [2.75, 3.05) is 32.7 Å². The second-order valence-electron chi connectivity index (χ2n) is 12.4. The van der Waals surface area contributed by atoms with Gasteiger partial charge in [-0.1, -0.05) is 25.0 Å². The van der Waals surface area contributed by atoms with Gasteiger partial charge in [-0.25, -0.2) is 9.07 Å². The van der Waals surface area contributed by atoms with Crippen LogP contribution in [0.4, 0.5) is 4.39 Å². The van der Waals surface area contributed by atoms with Gasteiger partial charge in [0.05, 0.1) is 28.7 Å². The van der Waals surface area contributed by atoms with Gasteiger partial charge in [0.2, 0.25) is 5.91 Å². The topological polar surface area (TPSA) is 96.2 Å². The normalized spacial score (nSPS) is 21.6. The van der Waals surface area contributed by atoms with E-state index in [2.05, 4.69) is 25.5 Å². The van der Waals surface area contributed by atoms with E-state index in [0.717, 1.165) is 81.8 Å². The summed E-state index contributed by atoms with van der Waals surface area (Å²) in [7, 11) is 0. The van der Waals surface area contributed by atoms with Crippen LogP contribution in [0.2, 0.25) is 0 Å². The Labute approximate surface area is 246 Å². The van der Waals surface area contributed by atoms with E-state index in [9.17, 15) is 14.0 Å². The molecule has 3 aliphatic rings. The lowest BCUT2D eigenvalue weighted by Crippen LogP contribution is -2.37. The third kappa shape index (κ3) is 5.82. The van der Waals surface area contributed by atoms with Crippen molar-refractivity contribution >= 4 is 11.8 Å². The maximum absolute atomic E-state index is 14.1. The molecule has 4 heterocycles. The standard InChI is InChI=1S/C32H40FN7O2/c1-20-11-12-29(36-35-20)40-22(3)30(21(2)37-40)32(42)39-18-25-16-38(17-26(25)19-39)14-13-28(24-9-6-10-27(33)15-24)34-31(41)23-7-4-5-8-23/h6,9-12,15,23,25-26,28H,4-5,7-8,13-14,16-19H2,1-3H3,(H,34,41)/t25-,26?,28?/m0/s1. The summed E-state index contributed by atoms with van der Waals surface area (Å²) in [4.78, 5) is 31.0. The van der Waals surface area contributed by atoms with Crippen LogP contribution < -0.4 is 5.32 Å². The first-order valence-corrected chi connectivity index (χ1v) is 15.2. The molecule has 0 spiro atoms. The molecule has 2 aliphatic heterocycles. The molecule has 222 valence electrons. The van der Waals surface area contributed by atoms with E-state index in [0.29, 0.717) is 28.9 Å². The summed E-state index contributed by atoms with van der Waals surface area (Å²) in [6, 6.07) is 10.1. The summed E-state index contributed by atoms with van der Waals surface area (Å²) >= 11 is 0. The summed E-state index contributed by atoms with van der Waals surface area (Å²) in [6.45, 7) is 9.76. The number of fused-ring (bicyclic) bond motifs is 1. The predicted octanol–water partition coefficient (Wildman–Crippen LogP) is 4.17. The Morgan fingerprint density at radius 3 is 2.40 bits per heavy atom. The molecule has 0 radical (unpaired) electrons. The number of benzene rings is 1. The van der Waals surface area contributed by atoms with Gasteiger partial charge in [0.15, 0.2) is 5.82 Å². The molecule has 2 aromatic heterocycles. The summed E-state index contributed by atoms with van der Waals surface area (Å²) in [5.74, 6) is 1.33. The van der Waals surface area contributed by atoms with Crippen LogP contribution in [0.3, 0.4) is 0 Å². The lowest BCUT2D eigenvalue weighted by molar-refractivity contribution is -0.125. The van der Waals surface area contributed by atoms with Crippen LogP contribution in [0, 0.1) is 44.3 Å². The zero-order valence-corrected chi connectivity index (χ0v) is 24.7. The van der Waals surface area contributed by atoms with Crippen molar-refractivity contribution in [3.8, 4) is 5.82 Å². The highest BCUT2D eigenvalue weighted by molar-refractivity contribution is 5.96. The fraction of sp³-hybridized carbons (Fsp3) is 0.531. The number of hydrogen-bond donors (Lipinski definition) is 1. The largest absolute Gasteiger partial charge is 0.349 e.